The number of anilines is 2. The molecule has 0 atom stereocenters. The minimum Gasteiger partial charge on any atom is -0.454 e. The highest BCUT2D eigenvalue weighted by Crippen LogP contribution is 2.39. The normalized spacial score (nSPS) is 12.5. The molecule has 2 amide bonds. The SMILES string of the molecule is Cc1ccc2c(c1)N(C)C(=O)c1cc(NC(=O)c3ccc([N+](=O)[O-])o3)ccc1O2. The van der Waals surface area contributed by atoms with E-state index in [1.165, 1.54) is 17.0 Å². The van der Waals surface area contributed by atoms with Gasteiger partial charge in [0.25, 0.3) is 11.8 Å². The van der Waals surface area contributed by atoms with Crippen molar-refractivity contribution in [3.63, 3.8) is 0 Å². The Morgan fingerprint density at radius 2 is 1.86 bits per heavy atom. The topological polar surface area (TPSA) is 115 Å². The molecule has 4 rings (SSSR count). The maximum atomic E-state index is 12.9. The molecular formula is C20H15N3O6. The molecule has 1 aliphatic heterocycles. The Labute approximate surface area is 164 Å². The van der Waals surface area contributed by atoms with Crippen LogP contribution in [0.5, 0.6) is 11.5 Å². The van der Waals surface area contributed by atoms with Gasteiger partial charge in [-0.1, -0.05) is 6.07 Å². The maximum absolute atomic E-state index is 12.9. The fraction of sp³-hybridized carbons (Fsp3) is 0.100. The molecule has 3 aromatic rings. The summed E-state index contributed by atoms with van der Waals surface area (Å²) in [7, 11) is 1.65. The van der Waals surface area contributed by atoms with E-state index in [1.807, 2.05) is 19.1 Å². The molecule has 0 radical (unpaired) electrons. The van der Waals surface area contributed by atoms with Gasteiger partial charge in [0.15, 0.2) is 11.5 Å². The molecule has 0 spiro atoms. The van der Waals surface area contributed by atoms with Crippen molar-refractivity contribution in [2.45, 2.75) is 6.92 Å². The summed E-state index contributed by atoms with van der Waals surface area (Å²) >= 11 is 0. The third-order valence-corrected chi connectivity index (χ3v) is 4.46. The second kappa shape index (κ2) is 6.79. The Hall–Kier alpha value is -4.14. The standard InChI is InChI=1S/C20H15N3O6/c1-11-3-5-16-14(9-11)22(2)20(25)13-10-12(4-6-15(13)28-16)21-19(24)17-7-8-18(29-17)23(26)27/h3-10H,1-2H3,(H,21,24). The van der Waals surface area contributed by atoms with Crippen LogP contribution in [0.15, 0.2) is 52.9 Å². The Morgan fingerprint density at radius 1 is 1.10 bits per heavy atom. The van der Waals surface area contributed by atoms with Gasteiger partial charge in [-0.15, -0.1) is 0 Å². The van der Waals surface area contributed by atoms with Gasteiger partial charge in [-0.2, -0.15) is 0 Å². The lowest BCUT2D eigenvalue weighted by atomic mass is 10.1. The molecule has 146 valence electrons. The molecule has 0 bridgehead atoms. The Bertz CT molecular complexity index is 1170. The van der Waals surface area contributed by atoms with Crippen LogP contribution in [-0.4, -0.2) is 23.8 Å². The number of aryl methyl sites for hydroxylation is 1. The van der Waals surface area contributed by atoms with Crippen LogP contribution in [0.25, 0.3) is 0 Å². The molecular weight excluding hydrogens is 378 g/mol. The van der Waals surface area contributed by atoms with Gasteiger partial charge in [-0.3, -0.25) is 19.7 Å². The third kappa shape index (κ3) is 3.29. The molecule has 0 aliphatic carbocycles. The van der Waals surface area contributed by atoms with E-state index in [1.54, 1.807) is 25.2 Å². The van der Waals surface area contributed by atoms with Crippen molar-refractivity contribution in [2.75, 3.05) is 17.3 Å². The number of amides is 2. The maximum Gasteiger partial charge on any atom is 0.433 e. The molecule has 29 heavy (non-hydrogen) atoms. The van der Waals surface area contributed by atoms with Crippen molar-refractivity contribution in [1.29, 1.82) is 0 Å². The number of rotatable bonds is 3. The minimum atomic E-state index is -0.732. The number of ether oxygens (including phenoxy) is 1. The van der Waals surface area contributed by atoms with Gasteiger partial charge in [-0.25, -0.2) is 0 Å². The van der Waals surface area contributed by atoms with Crippen molar-refractivity contribution < 1.29 is 23.7 Å². The van der Waals surface area contributed by atoms with E-state index in [9.17, 15) is 19.7 Å². The van der Waals surface area contributed by atoms with Gasteiger partial charge in [0.05, 0.1) is 17.3 Å². The average Bonchev–Trinajstić information content (AvgIpc) is 3.17. The smallest absolute Gasteiger partial charge is 0.433 e. The molecule has 0 fully saturated rings. The van der Waals surface area contributed by atoms with Crippen LogP contribution in [-0.2, 0) is 0 Å². The number of furan rings is 1. The predicted molar refractivity (Wildman–Crippen MR) is 104 cm³/mol. The molecule has 1 aromatic heterocycles. The van der Waals surface area contributed by atoms with E-state index >= 15 is 0 Å². The fourth-order valence-corrected chi connectivity index (χ4v) is 2.99. The number of nitrogens with one attached hydrogen (secondary N) is 1. The van der Waals surface area contributed by atoms with Crippen molar-refractivity contribution in [2.24, 2.45) is 0 Å². The molecule has 0 saturated carbocycles. The van der Waals surface area contributed by atoms with Gasteiger partial charge < -0.3 is 19.4 Å². The second-order valence-electron chi connectivity index (χ2n) is 6.50. The van der Waals surface area contributed by atoms with E-state index in [0.29, 0.717) is 22.9 Å². The first kappa shape index (κ1) is 18.2. The third-order valence-electron chi connectivity index (χ3n) is 4.46. The zero-order chi connectivity index (χ0) is 20.7. The summed E-state index contributed by atoms with van der Waals surface area (Å²) in [5.74, 6) is -0.813. The average molecular weight is 393 g/mol. The summed E-state index contributed by atoms with van der Waals surface area (Å²) in [6, 6.07) is 12.5. The number of nitrogens with zero attached hydrogens (tertiary/aromatic N) is 2. The number of nitro groups is 1. The first-order chi connectivity index (χ1) is 13.8. The minimum absolute atomic E-state index is 0.214. The second-order valence-corrected chi connectivity index (χ2v) is 6.50. The zero-order valence-corrected chi connectivity index (χ0v) is 15.5. The van der Waals surface area contributed by atoms with Crippen LogP contribution in [0.2, 0.25) is 0 Å². The molecule has 9 heteroatoms. The van der Waals surface area contributed by atoms with Crippen molar-refractivity contribution >= 4 is 29.1 Å². The summed E-state index contributed by atoms with van der Waals surface area (Å²) < 4.78 is 10.8. The monoisotopic (exact) mass is 393 g/mol. The highest BCUT2D eigenvalue weighted by molar-refractivity contribution is 6.10. The molecule has 2 aromatic carbocycles. The summed E-state index contributed by atoms with van der Waals surface area (Å²) in [6.07, 6.45) is 0. The molecule has 1 aliphatic rings. The predicted octanol–water partition coefficient (Wildman–Crippen LogP) is 4.13. The number of fused-ring (bicyclic) bond motifs is 2. The van der Waals surface area contributed by atoms with Gasteiger partial charge in [0, 0.05) is 12.7 Å². The first-order valence-electron chi connectivity index (χ1n) is 8.59. The van der Waals surface area contributed by atoms with Crippen LogP contribution >= 0.6 is 0 Å². The lowest BCUT2D eigenvalue weighted by molar-refractivity contribution is -0.402. The van der Waals surface area contributed by atoms with E-state index in [4.69, 9.17) is 9.15 Å². The lowest BCUT2D eigenvalue weighted by Crippen LogP contribution is -2.25. The van der Waals surface area contributed by atoms with Crippen LogP contribution in [0, 0.1) is 17.0 Å². The Morgan fingerprint density at radius 3 is 2.59 bits per heavy atom. The van der Waals surface area contributed by atoms with Crippen LogP contribution in [0.3, 0.4) is 0 Å². The van der Waals surface area contributed by atoms with Gasteiger partial charge in [0.1, 0.15) is 10.7 Å². The summed E-state index contributed by atoms with van der Waals surface area (Å²) in [5, 5.41) is 13.3. The van der Waals surface area contributed by atoms with E-state index in [-0.39, 0.29) is 17.2 Å². The van der Waals surface area contributed by atoms with Gasteiger partial charge in [-0.05, 0) is 48.9 Å². The fourth-order valence-electron chi connectivity index (χ4n) is 2.99. The van der Waals surface area contributed by atoms with Gasteiger partial charge in [0.2, 0.25) is 0 Å². The summed E-state index contributed by atoms with van der Waals surface area (Å²) in [4.78, 5) is 36.7. The zero-order valence-electron chi connectivity index (χ0n) is 15.5. The van der Waals surface area contributed by atoms with E-state index in [2.05, 4.69) is 5.32 Å². The van der Waals surface area contributed by atoms with Crippen LogP contribution < -0.4 is 15.0 Å². The first-order valence-corrected chi connectivity index (χ1v) is 8.59. The molecule has 0 unspecified atom stereocenters. The number of carbonyl (C=O) groups excluding carboxylic acids is 2. The van der Waals surface area contributed by atoms with Crippen molar-refractivity contribution in [3.8, 4) is 11.5 Å². The highest BCUT2D eigenvalue weighted by atomic mass is 16.6. The van der Waals surface area contributed by atoms with Crippen LogP contribution in [0.4, 0.5) is 17.3 Å². The lowest BCUT2D eigenvalue weighted by Gasteiger charge is -2.16. The van der Waals surface area contributed by atoms with Crippen molar-refractivity contribution in [3.05, 3.63) is 75.5 Å². The van der Waals surface area contributed by atoms with E-state index in [0.717, 1.165) is 11.6 Å². The molecule has 2 heterocycles. The largest absolute Gasteiger partial charge is 0.454 e. The number of hydrogen-bond donors (Lipinski definition) is 1. The highest BCUT2D eigenvalue weighted by Gasteiger charge is 2.26. The summed E-state index contributed by atoms with van der Waals surface area (Å²) in [5.41, 5.74) is 2.21. The quantitative estimate of drug-likeness (QED) is 0.528. The number of benzene rings is 2. The Kier molecular flexibility index (Phi) is 4.27. The molecule has 1 N–H and O–H groups in total. The summed E-state index contributed by atoms with van der Waals surface area (Å²) in [6.45, 7) is 1.92. The number of hydrogen-bond acceptors (Lipinski definition) is 6. The molecule has 0 saturated heterocycles. The van der Waals surface area contributed by atoms with Crippen LogP contribution in [0.1, 0.15) is 26.5 Å². The number of carbonyl (C=O) groups is 2. The van der Waals surface area contributed by atoms with E-state index < -0.39 is 16.7 Å². The van der Waals surface area contributed by atoms with Crippen molar-refractivity contribution in [1.82, 2.24) is 0 Å². The Balaban J connectivity index is 1.63. The molecule has 9 nitrogen and oxygen atoms in total. The van der Waals surface area contributed by atoms with Gasteiger partial charge >= 0.3 is 5.88 Å².